The number of sulfonamides is 1. The lowest BCUT2D eigenvalue weighted by Gasteiger charge is -2.38. The Morgan fingerprint density at radius 2 is 2.11 bits per heavy atom. The summed E-state index contributed by atoms with van der Waals surface area (Å²) in [6.07, 6.45) is 3.93. The molecule has 2 fully saturated rings. The van der Waals surface area contributed by atoms with Crippen molar-refractivity contribution in [2.75, 3.05) is 39.1 Å². The van der Waals surface area contributed by atoms with E-state index in [1.165, 1.54) is 22.7 Å². The Bertz CT molecular complexity index is 778. The van der Waals surface area contributed by atoms with Crippen molar-refractivity contribution in [3.05, 3.63) is 35.6 Å². The molecule has 0 spiro atoms. The van der Waals surface area contributed by atoms with Crippen LogP contribution in [0.5, 0.6) is 0 Å². The van der Waals surface area contributed by atoms with Crippen molar-refractivity contribution in [3.63, 3.8) is 0 Å². The van der Waals surface area contributed by atoms with E-state index in [2.05, 4.69) is 5.32 Å². The lowest BCUT2D eigenvalue weighted by atomic mass is 9.74. The average Bonchev–Trinajstić information content (AvgIpc) is 2.66. The Morgan fingerprint density at radius 3 is 2.78 bits per heavy atom. The largest absolute Gasteiger partial charge is 0.381 e. The molecule has 0 aliphatic carbocycles. The van der Waals surface area contributed by atoms with E-state index >= 15 is 0 Å². The fraction of sp³-hybridized carbons (Fsp3) is 0.632. The van der Waals surface area contributed by atoms with Gasteiger partial charge in [-0.25, -0.2) is 17.1 Å². The summed E-state index contributed by atoms with van der Waals surface area (Å²) in [4.78, 5) is 12.7. The maximum atomic E-state index is 13.8. The SMILES string of the molecule is CS(=O)(=O)N1CCC[C@@H](C(=O)NCC2(c3cccc(F)c3)CCOCC2)C1. The molecule has 150 valence electrons. The van der Waals surface area contributed by atoms with Gasteiger partial charge in [-0.05, 0) is 43.4 Å². The second-order valence-electron chi connectivity index (χ2n) is 7.58. The highest BCUT2D eigenvalue weighted by molar-refractivity contribution is 7.88. The summed E-state index contributed by atoms with van der Waals surface area (Å²) in [5.41, 5.74) is 0.508. The lowest BCUT2D eigenvalue weighted by molar-refractivity contribution is -0.126. The van der Waals surface area contributed by atoms with Gasteiger partial charge in [-0.3, -0.25) is 4.79 Å². The van der Waals surface area contributed by atoms with Crippen molar-refractivity contribution in [1.29, 1.82) is 0 Å². The molecule has 1 aromatic rings. The monoisotopic (exact) mass is 398 g/mol. The summed E-state index contributed by atoms with van der Waals surface area (Å²) in [7, 11) is -3.29. The van der Waals surface area contributed by atoms with Crippen LogP contribution in [0.2, 0.25) is 0 Å². The first-order valence-electron chi connectivity index (χ1n) is 9.37. The third-order valence-corrected chi connectivity index (χ3v) is 6.98. The Kier molecular flexibility index (Phi) is 6.18. The summed E-state index contributed by atoms with van der Waals surface area (Å²) >= 11 is 0. The van der Waals surface area contributed by atoms with Gasteiger partial charge >= 0.3 is 0 Å². The van der Waals surface area contributed by atoms with Crippen LogP contribution < -0.4 is 5.32 Å². The van der Waals surface area contributed by atoms with Crippen LogP contribution in [0.3, 0.4) is 0 Å². The molecule has 2 aliphatic rings. The number of hydrogen-bond donors (Lipinski definition) is 1. The minimum absolute atomic E-state index is 0.134. The van der Waals surface area contributed by atoms with Crippen LogP contribution in [0.4, 0.5) is 4.39 Å². The average molecular weight is 399 g/mol. The Labute approximate surface area is 160 Å². The molecule has 6 nitrogen and oxygen atoms in total. The third kappa shape index (κ3) is 4.86. The van der Waals surface area contributed by atoms with Gasteiger partial charge in [0.2, 0.25) is 15.9 Å². The molecule has 8 heteroatoms. The molecule has 1 aromatic carbocycles. The number of nitrogens with one attached hydrogen (secondary N) is 1. The standard InChI is InChI=1S/C19H27FN2O4S/c1-27(24,25)22-9-3-4-15(13-22)18(23)21-14-19(7-10-26-11-8-19)16-5-2-6-17(20)12-16/h2,5-6,12,15H,3-4,7-11,13-14H2,1H3,(H,21,23)/t15-/m1/s1. The first-order chi connectivity index (χ1) is 12.8. The molecule has 2 saturated heterocycles. The minimum Gasteiger partial charge on any atom is -0.381 e. The normalized spacial score (nSPS) is 23.7. The van der Waals surface area contributed by atoms with Crippen molar-refractivity contribution in [3.8, 4) is 0 Å². The molecule has 2 heterocycles. The predicted octanol–water partition coefficient (Wildman–Crippen LogP) is 1.66. The summed E-state index contributed by atoms with van der Waals surface area (Å²) in [5.74, 6) is -0.774. The second kappa shape index (κ2) is 8.24. The van der Waals surface area contributed by atoms with Gasteiger partial charge in [0, 0.05) is 38.3 Å². The van der Waals surface area contributed by atoms with Gasteiger partial charge in [0.05, 0.1) is 12.2 Å². The van der Waals surface area contributed by atoms with E-state index in [0.29, 0.717) is 52.0 Å². The molecule has 0 saturated carbocycles. The molecule has 27 heavy (non-hydrogen) atoms. The van der Waals surface area contributed by atoms with E-state index in [0.717, 1.165) is 5.56 Å². The number of amides is 1. The molecular weight excluding hydrogens is 371 g/mol. The number of rotatable bonds is 5. The predicted molar refractivity (Wildman–Crippen MR) is 100 cm³/mol. The molecule has 3 rings (SSSR count). The van der Waals surface area contributed by atoms with Gasteiger partial charge in [0.15, 0.2) is 0 Å². The van der Waals surface area contributed by atoms with Crippen LogP contribution in [0, 0.1) is 11.7 Å². The van der Waals surface area contributed by atoms with Crippen molar-refractivity contribution in [1.82, 2.24) is 9.62 Å². The van der Waals surface area contributed by atoms with E-state index in [-0.39, 0.29) is 29.6 Å². The highest BCUT2D eigenvalue weighted by Crippen LogP contribution is 2.34. The lowest BCUT2D eigenvalue weighted by Crippen LogP contribution is -2.49. The maximum Gasteiger partial charge on any atom is 0.224 e. The van der Waals surface area contributed by atoms with Crippen molar-refractivity contribution >= 4 is 15.9 Å². The Balaban J connectivity index is 1.69. The van der Waals surface area contributed by atoms with E-state index in [4.69, 9.17) is 4.74 Å². The van der Waals surface area contributed by atoms with Crippen LogP contribution >= 0.6 is 0 Å². The number of benzene rings is 1. The van der Waals surface area contributed by atoms with E-state index in [1.807, 2.05) is 6.07 Å². The van der Waals surface area contributed by atoms with Crippen LogP contribution in [0.25, 0.3) is 0 Å². The zero-order chi connectivity index (χ0) is 19.5. The topological polar surface area (TPSA) is 75.7 Å². The summed E-state index contributed by atoms with van der Waals surface area (Å²) in [6, 6.07) is 6.53. The highest BCUT2D eigenvalue weighted by Gasteiger charge is 2.36. The molecule has 1 N–H and O–H groups in total. The van der Waals surface area contributed by atoms with Gasteiger partial charge in [0.1, 0.15) is 5.82 Å². The van der Waals surface area contributed by atoms with Crippen molar-refractivity contribution < 1.29 is 22.3 Å². The van der Waals surface area contributed by atoms with Crippen LogP contribution in [0.15, 0.2) is 24.3 Å². The van der Waals surface area contributed by atoms with Crippen LogP contribution in [-0.2, 0) is 25.0 Å². The van der Waals surface area contributed by atoms with Crippen LogP contribution in [0.1, 0.15) is 31.2 Å². The quantitative estimate of drug-likeness (QED) is 0.819. The minimum atomic E-state index is -3.29. The van der Waals surface area contributed by atoms with E-state index in [9.17, 15) is 17.6 Å². The highest BCUT2D eigenvalue weighted by atomic mass is 32.2. The van der Waals surface area contributed by atoms with Crippen molar-refractivity contribution in [2.24, 2.45) is 5.92 Å². The second-order valence-corrected chi connectivity index (χ2v) is 9.56. The first kappa shape index (κ1) is 20.2. The van der Waals surface area contributed by atoms with Gasteiger partial charge < -0.3 is 10.1 Å². The Hall–Kier alpha value is -1.51. The fourth-order valence-corrected chi connectivity index (χ4v) is 4.92. The smallest absolute Gasteiger partial charge is 0.224 e. The van der Waals surface area contributed by atoms with Gasteiger partial charge in [-0.15, -0.1) is 0 Å². The molecular formula is C19H27FN2O4S. The first-order valence-corrected chi connectivity index (χ1v) is 11.2. The van der Waals surface area contributed by atoms with Gasteiger partial charge in [-0.1, -0.05) is 12.1 Å². The molecule has 1 amide bonds. The van der Waals surface area contributed by atoms with Gasteiger partial charge in [-0.2, -0.15) is 0 Å². The number of piperidine rings is 1. The molecule has 1 atom stereocenters. The zero-order valence-corrected chi connectivity index (χ0v) is 16.4. The number of carbonyl (C=O) groups excluding carboxylic acids is 1. The van der Waals surface area contributed by atoms with Crippen molar-refractivity contribution in [2.45, 2.75) is 31.1 Å². The molecule has 0 aromatic heterocycles. The van der Waals surface area contributed by atoms with Gasteiger partial charge in [0.25, 0.3) is 0 Å². The van der Waals surface area contributed by atoms with E-state index in [1.54, 1.807) is 6.07 Å². The summed E-state index contributed by atoms with van der Waals surface area (Å²) in [5, 5.41) is 3.01. The maximum absolute atomic E-state index is 13.8. The number of ether oxygens (including phenoxy) is 1. The zero-order valence-electron chi connectivity index (χ0n) is 15.6. The summed E-state index contributed by atoms with van der Waals surface area (Å²) < 4.78 is 44.1. The third-order valence-electron chi connectivity index (χ3n) is 5.71. The fourth-order valence-electron chi connectivity index (χ4n) is 4.01. The molecule has 2 aliphatic heterocycles. The molecule has 0 unspecified atom stereocenters. The molecule has 0 radical (unpaired) electrons. The summed E-state index contributed by atoms with van der Waals surface area (Å²) in [6.45, 7) is 2.22. The van der Waals surface area contributed by atoms with E-state index < -0.39 is 10.0 Å². The number of nitrogens with zero attached hydrogens (tertiary/aromatic N) is 1. The number of carbonyl (C=O) groups is 1. The number of hydrogen-bond acceptors (Lipinski definition) is 4. The molecule has 0 bridgehead atoms. The Morgan fingerprint density at radius 1 is 1.37 bits per heavy atom. The number of halogens is 1. The van der Waals surface area contributed by atoms with Crippen LogP contribution in [-0.4, -0.2) is 57.7 Å².